The van der Waals surface area contributed by atoms with E-state index in [9.17, 15) is 9.59 Å². The molecule has 1 aromatic rings. The molecule has 2 amide bonds. The molecule has 7 heteroatoms. The van der Waals surface area contributed by atoms with E-state index in [1.807, 2.05) is 11.5 Å². The van der Waals surface area contributed by atoms with Gasteiger partial charge in [-0.15, -0.1) is 0 Å². The molecule has 0 bridgehead atoms. The first kappa shape index (κ1) is 13.3. The molecular formula is C12H15N3O4. The van der Waals surface area contributed by atoms with Gasteiger partial charge in [0, 0.05) is 0 Å². The number of ether oxygens (including phenoxy) is 2. The van der Waals surface area contributed by atoms with Gasteiger partial charge in [0.05, 0.1) is 12.3 Å². The molecule has 0 fully saturated rings. The van der Waals surface area contributed by atoms with Crippen molar-refractivity contribution in [1.82, 2.24) is 5.43 Å². The van der Waals surface area contributed by atoms with Crippen LogP contribution in [-0.2, 0) is 20.9 Å². The highest BCUT2D eigenvalue weighted by Crippen LogP contribution is 2.30. The average molecular weight is 265 g/mol. The SMILES string of the molecule is CC1Oc2ccc(COCC(=O)NN)cc2NC1=O. The van der Waals surface area contributed by atoms with Crippen LogP contribution in [0.15, 0.2) is 18.2 Å². The summed E-state index contributed by atoms with van der Waals surface area (Å²) in [4.78, 5) is 22.4. The van der Waals surface area contributed by atoms with E-state index in [1.54, 1.807) is 19.1 Å². The molecule has 2 rings (SSSR count). The Morgan fingerprint density at radius 2 is 2.37 bits per heavy atom. The summed E-state index contributed by atoms with van der Waals surface area (Å²) in [6, 6.07) is 5.32. The van der Waals surface area contributed by atoms with Crippen LogP contribution in [0.4, 0.5) is 5.69 Å². The van der Waals surface area contributed by atoms with Crippen LogP contribution in [0, 0.1) is 0 Å². The summed E-state index contributed by atoms with van der Waals surface area (Å²) < 4.78 is 10.6. The van der Waals surface area contributed by atoms with Gasteiger partial charge in [0.25, 0.3) is 11.8 Å². The van der Waals surface area contributed by atoms with Crippen LogP contribution in [0.1, 0.15) is 12.5 Å². The van der Waals surface area contributed by atoms with Crippen LogP contribution in [0.3, 0.4) is 0 Å². The number of nitrogens with one attached hydrogen (secondary N) is 2. The number of anilines is 1. The van der Waals surface area contributed by atoms with Crippen molar-refractivity contribution in [3.63, 3.8) is 0 Å². The van der Waals surface area contributed by atoms with Crippen LogP contribution in [0.2, 0.25) is 0 Å². The third-order valence-corrected chi connectivity index (χ3v) is 2.64. The molecule has 102 valence electrons. The van der Waals surface area contributed by atoms with Crippen molar-refractivity contribution in [2.45, 2.75) is 19.6 Å². The summed E-state index contributed by atoms with van der Waals surface area (Å²) in [5.74, 6) is 4.96. The standard InChI is InChI=1S/C12H15N3O4/c1-7-12(17)14-9-4-8(2-3-10(9)19-7)5-18-6-11(16)15-13/h2-4,7H,5-6,13H2,1H3,(H,14,17)(H,15,16). The van der Waals surface area contributed by atoms with Gasteiger partial charge in [0.1, 0.15) is 12.4 Å². The lowest BCUT2D eigenvalue weighted by Gasteiger charge is -2.23. The number of rotatable bonds is 4. The topological polar surface area (TPSA) is 103 Å². The van der Waals surface area contributed by atoms with E-state index in [4.69, 9.17) is 15.3 Å². The van der Waals surface area contributed by atoms with E-state index in [0.717, 1.165) is 5.56 Å². The van der Waals surface area contributed by atoms with Gasteiger partial charge in [-0.25, -0.2) is 5.84 Å². The first-order valence-corrected chi connectivity index (χ1v) is 5.78. The Bertz CT molecular complexity index is 504. The molecule has 1 aromatic carbocycles. The fourth-order valence-electron chi connectivity index (χ4n) is 1.65. The van der Waals surface area contributed by atoms with Crippen LogP contribution < -0.4 is 21.3 Å². The van der Waals surface area contributed by atoms with Gasteiger partial charge in [-0.05, 0) is 24.6 Å². The molecule has 19 heavy (non-hydrogen) atoms. The second-order valence-corrected chi connectivity index (χ2v) is 4.14. The number of nitrogens with two attached hydrogens (primary N) is 1. The van der Waals surface area contributed by atoms with Crippen molar-refractivity contribution < 1.29 is 19.1 Å². The Labute approximate surface area is 110 Å². The maximum atomic E-state index is 11.5. The number of benzene rings is 1. The molecule has 7 nitrogen and oxygen atoms in total. The Morgan fingerprint density at radius 1 is 1.58 bits per heavy atom. The van der Waals surface area contributed by atoms with E-state index in [-0.39, 0.29) is 19.1 Å². The third kappa shape index (κ3) is 3.21. The lowest BCUT2D eigenvalue weighted by Crippen LogP contribution is -2.34. The second-order valence-electron chi connectivity index (χ2n) is 4.14. The average Bonchev–Trinajstić information content (AvgIpc) is 2.40. The van der Waals surface area contributed by atoms with Gasteiger partial charge in [-0.3, -0.25) is 15.0 Å². The van der Waals surface area contributed by atoms with E-state index in [1.165, 1.54) is 0 Å². The first-order valence-electron chi connectivity index (χ1n) is 5.78. The van der Waals surface area contributed by atoms with Crippen molar-refractivity contribution in [2.75, 3.05) is 11.9 Å². The van der Waals surface area contributed by atoms with Crippen LogP contribution in [0.5, 0.6) is 5.75 Å². The van der Waals surface area contributed by atoms with Crippen LogP contribution in [0.25, 0.3) is 0 Å². The smallest absolute Gasteiger partial charge is 0.265 e. The highest BCUT2D eigenvalue weighted by atomic mass is 16.5. The highest BCUT2D eigenvalue weighted by molar-refractivity contribution is 5.97. The summed E-state index contributed by atoms with van der Waals surface area (Å²) >= 11 is 0. The molecule has 1 aliphatic heterocycles. The number of carbonyl (C=O) groups excluding carboxylic acids is 2. The Morgan fingerprint density at radius 3 is 3.11 bits per heavy atom. The van der Waals surface area contributed by atoms with E-state index in [0.29, 0.717) is 11.4 Å². The normalized spacial score (nSPS) is 17.2. The molecule has 0 aliphatic carbocycles. The quantitative estimate of drug-likeness (QED) is 0.401. The third-order valence-electron chi connectivity index (χ3n) is 2.64. The predicted molar refractivity (Wildman–Crippen MR) is 67.1 cm³/mol. The molecular weight excluding hydrogens is 250 g/mol. The summed E-state index contributed by atoms with van der Waals surface area (Å²) in [5.41, 5.74) is 3.40. The molecule has 0 saturated carbocycles. The zero-order chi connectivity index (χ0) is 13.8. The van der Waals surface area contributed by atoms with Crippen molar-refractivity contribution in [2.24, 2.45) is 5.84 Å². The van der Waals surface area contributed by atoms with Gasteiger partial charge < -0.3 is 14.8 Å². The molecule has 0 aromatic heterocycles. The fourth-order valence-corrected chi connectivity index (χ4v) is 1.65. The zero-order valence-electron chi connectivity index (χ0n) is 10.4. The van der Waals surface area contributed by atoms with Crippen molar-refractivity contribution in [1.29, 1.82) is 0 Å². The monoisotopic (exact) mass is 265 g/mol. The summed E-state index contributed by atoms with van der Waals surface area (Å²) in [6.07, 6.45) is -0.497. The lowest BCUT2D eigenvalue weighted by atomic mass is 10.1. The molecule has 0 radical (unpaired) electrons. The van der Waals surface area contributed by atoms with E-state index >= 15 is 0 Å². The van der Waals surface area contributed by atoms with Crippen LogP contribution in [-0.4, -0.2) is 24.5 Å². The first-order chi connectivity index (χ1) is 9.10. The summed E-state index contributed by atoms with van der Waals surface area (Å²) in [6.45, 7) is 1.81. The molecule has 1 heterocycles. The Kier molecular flexibility index (Phi) is 3.98. The molecule has 0 spiro atoms. The Balaban J connectivity index is 1.99. The van der Waals surface area contributed by atoms with Crippen molar-refractivity contribution in [3.05, 3.63) is 23.8 Å². The van der Waals surface area contributed by atoms with E-state index in [2.05, 4.69) is 5.32 Å². The summed E-state index contributed by atoms with van der Waals surface area (Å²) in [7, 11) is 0. The molecule has 1 aliphatic rings. The van der Waals surface area contributed by atoms with E-state index < -0.39 is 12.0 Å². The molecule has 1 atom stereocenters. The number of amides is 2. The predicted octanol–water partition coefficient (Wildman–Crippen LogP) is -0.0875. The maximum absolute atomic E-state index is 11.5. The molecule has 4 N–H and O–H groups in total. The Hall–Kier alpha value is -2.12. The van der Waals surface area contributed by atoms with Gasteiger partial charge >= 0.3 is 0 Å². The van der Waals surface area contributed by atoms with Gasteiger partial charge in [0.2, 0.25) is 0 Å². The summed E-state index contributed by atoms with van der Waals surface area (Å²) in [5, 5.41) is 2.74. The zero-order valence-corrected chi connectivity index (χ0v) is 10.4. The number of hydrogen-bond donors (Lipinski definition) is 3. The van der Waals surface area contributed by atoms with Gasteiger partial charge in [-0.2, -0.15) is 0 Å². The molecule has 0 saturated heterocycles. The van der Waals surface area contributed by atoms with Crippen molar-refractivity contribution in [3.8, 4) is 5.75 Å². The second kappa shape index (κ2) is 5.68. The van der Waals surface area contributed by atoms with Gasteiger partial charge in [-0.1, -0.05) is 6.07 Å². The van der Waals surface area contributed by atoms with Crippen molar-refractivity contribution >= 4 is 17.5 Å². The largest absolute Gasteiger partial charge is 0.479 e. The maximum Gasteiger partial charge on any atom is 0.265 e. The number of hydrazine groups is 1. The van der Waals surface area contributed by atoms with Crippen LogP contribution >= 0.6 is 0 Å². The highest BCUT2D eigenvalue weighted by Gasteiger charge is 2.23. The van der Waals surface area contributed by atoms with Gasteiger partial charge in [0.15, 0.2) is 6.10 Å². The number of fused-ring (bicyclic) bond motifs is 1. The number of hydrogen-bond acceptors (Lipinski definition) is 5. The minimum Gasteiger partial charge on any atom is -0.479 e. The fraction of sp³-hybridized carbons (Fsp3) is 0.333. The lowest BCUT2D eigenvalue weighted by molar-refractivity contribution is -0.126. The minimum absolute atomic E-state index is 0.118. The minimum atomic E-state index is -0.497. The molecule has 1 unspecified atom stereocenters. The number of carbonyl (C=O) groups is 2.